The van der Waals surface area contributed by atoms with Gasteiger partial charge in [0.25, 0.3) is 0 Å². The predicted molar refractivity (Wildman–Crippen MR) is 74.2 cm³/mol. The number of carbonyl (C=O) groups is 1. The van der Waals surface area contributed by atoms with E-state index < -0.39 is 11.5 Å². The molecule has 1 saturated carbocycles. The van der Waals surface area contributed by atoms with E-state index in [4.69, 9.17) is 0 Å². The van der Waals surface area contributed by atoms with Crippen LogP contribution in [0.5, 0.6) is 0 Å². The molecular formula is C15H19FN2O2. The third-order valence-corrected chi connectivity index (χ3v) is 4.30. The Labute approximate surface area is 117 Å². The van der Waals surface area contributed by atoms with Gasteiger partial charge in [0.1, 0.15) is 11.4 Å². The molecule has 0 bridgehead atoms. The number of hydrogen-bond donors (Lipinski definition) is 2. The lowest BCUT2D eigenvalue weighted by Gasteiger charge is -2.27. The fourth-order valence-electron chi connectivity index (χ4n) is 3.19. The molecule has 2 N–H and O–H groups in total. The molecule has 2 atom stereocenters. The molecule has 2 unspecified atom stereocenters. The Bertz CT molecular complexity index is 532. The van der Waals surface area contributed by atoms with E-state index in [0.29, 0.717) is 24.7 Å². The summed E-state index contributed by atoms with van der Waals surface area (Å²) in [6.07, 6.45) is 2.84. The average molecular weight is 278 g/mol. The third kappa shape index (κ3) is 2.38. The van der Waals surface area contributed by atoms with Gasteiger partial charge in [0, 0.05) is 24.3 Å². The van der Waals surface area contributed by atoms with Crippen LogP contribution in [-0.2, 0) is 4.79 Å². The minimum atomic E-state index is -1.02. The van der Waals surface area contributed by atoms with Crippen molar-refractivity contribution in [2.24, 2.45) is 0 Å². The molecule has 0 spiro atoms. The lowest BCUT2D eigenvalue weighted by atomic mass is 9.96. The van der Waals surface area contributed by atoms with Crippen LogP contribution in [0, 0.1) is 5.82 Å². The van der Waals surface area contributed by atoms with Gasteiger partial charge in [-0.2, -0.15) is 0 Å². The van der Waals surface area contributed by atoms with E-state index in [1.54, 1.807) is 12.1 Å². The van der Waals surface area contributed by atoms with Crippen LogP contribution in [-0.4, -0.2) is 40.1 Å². The Hall–Kier alpha value is -1.62. The van der Waals surface area contributed by atoms with Gasteiger partial charge in [-0.1, -0.05) is 6.07 Å². The molecule has 1 heterocycles. The van der Waals surface area contributed by atoms with Crippen LogP contribution in [0.3, 0.4) is 0 Å². The number of nitrogens with one attached hydrogen (secondary N) is 1. The smallest absolute Gasteiger partial charge is 0.330 e. The lowest BCUT2D eigenvalue weighted by Crippen LogP contribution is -2.49. The molecule has 4 nitrogen and oxygen atoms in total. The maximum atomic E-state index is 13.3. The monoisotopic (exact) mass is 278 g/mol. The van der Waals surface area contributed by atoms with Crippen LogP contribution < -0.4 is 5.32 Å². The highest BCUT2D eigenvalue weighted by molar-refractivity contribution is 5.84. The summed E-state index contributed by atoms with van der Waals surface area (Å²) in [4.78, 5) is 14.0. The SMILES string of the molecule is CC1CC(Nc2cccc(F)c2)(C(=O)O)CN1C1CC1. The molecule has 1 aromatic rings. The Balaban J connectivity index is 1.84. The second-order valence-electron chi connectivity index (χ2n) is 5.98. The van der Waals surface area contributed by atoms with Gasteiger partial charge in [-0.05, 0) is 44.4 Å². The highest BCUT2D eigenvalue weighted by Crippen LogP contribution is 2.38. The van der Waals surface area contributed by atoms with Gasteiger partial charge in [0.15, 0.2) is 0 Å². The molecule has 1 aliphatic carbocycles. The van der Waals surface area contributed by atoms with Crippen molar-refractivity contribution in [3.63, 3.8) is 0 Å². The number of halogens is 1. The number of likely N-dealkylation sites (tertiary alicyclic amines) is 1. The van der Waals surface area contributed by atoms with Gasteiger partial charge < -0.3 is 10.4 Å². The van der Waals surface area contributed by atoms with Gasteiger partial charge >= 0.3 is 5.97 Å². The standard InChI is InChI=1S/C15H19FN2O2/c1-10-8-15(14(19)20,9-18(10)13-5-6-13)17-12-4-2-3-11(16)7-12/h2-4,7,10,13,17H,5-6,8-9H2,1H3,(H,19,20). The number of anilines is 1. The first-order valence-electron chi connectivity index (χ1n) is 7.03. The van der Waals surface area contributed by atoms with Crippen molar-refractivity contribution in [1.82, 2.24) is 4.90 Å². The van der Waals surface area contributed by atoms with Gasteiger partial charge in [-0.25, -0.2) is 9.18 Å². The highest BCUT2D eigenvalue weighted by atomic mass is 19.1. The van der Waals surface area contributed by atoms with Crippen molar-refractivity contribution in [1.29, 1.82) is 0 Å². The second kappa shape index (κ2) is 4.74. The Morgan fingerprint density at radius 3 is 2.85 bits per heavy atom. The molecule has 2 fully saturated rings. The number of aliphatic carboxylic acids is 1. The lowest BCUT2D eigenvalue weighted by molar-refractivity contribution is -0.141. The van der Waals surface area contributed by atoms with E-state index in [1.807, 2.05) is 0 Å². The molecule has 5 heteroatoms. The van der Waals surface area contributed by atoms with E-state index in [9.17, 15) is 14.3 Å². The van der Waals surface area contributed by atoms with Crippen molar-refractivity contribution in [2.45, 2.75) is 43.8 Å². The van der Waals surface area contributed by atoms with Gasteiger partial charge in [-0.15, -0.1) is 0 Å². The molecule has 20 heavy (non-hydrogen) atoms. The summed E-state index contributed by atoms with van der Waals surface area (Å²) in [6, 6.07) is 6.75. The first-order chi connectivity index (χ1) is 9.50. The van der Waals surface area contributed by atoms with Crippen molar-refractivity contribution >= 4 is 11.7 Å². The summed E-state index contributed by atoms with van der Waals surface area (Å²) in [5, 5.41) is 12.7. The van der Waals surface area contributed by atoms with Crippen molar-refractivity contribution in [3.05, 3.63) is 30.1 Å². The zero-order valence-corrected chi connectivity index (χ0v) is 11.5. The molecular weight excluding hydrogens is 259 g/mol. The van der Waals surface area contributed by atoms with E-state index in [2.05, 4.69) is 17.1 Å². The molecule has 108 valence electrons. The quantitative estimate of drug-likeness (QED) is 0.887. The molecule has 1 aromatic carbocycles. The van der Waals surface area contributed by atoms with E-state index in [-0.39, 0.29) is 11.9 Å². The Morgan fingerprint density at radius 1 is 1.50 bits per heavy atom. The van der Waals surface area contributed by atoms with E-state index >= 15 is 0 Å². The average Bonchev–Trinajstić information content (AvgIpc) is 3.15. The van der Waals surface area contributed by atoms with E-state index in [1.165, 1.54) is 12.1 Å². The minimum Gasteiger partial charge on any atom is -0.479 e. The zero-order chi connectivity index (χ0) is 14.3. The second-order valence-corrected chi connectivity index (χ2v) is 5.98. The number of benzene rings is 1. The summed E-state index contributed by atoms with van der Waals surface area (Å²) < 4.78 is 13.3. The van der Waals surface area contributed by atoms with Crippen LogP contribution in [0.1, 0.15) is 26.2 Å². The van der Waals surface area contributed by atoms with Crippen LogP contribution in [0.4, 0.5) is 10.1 Å². The fraction of sp³-hybridized carbons (Fsp3) is 0.533. The minimum absolute atomic E-state index is 0.236. The van der Waals surface area contributed by atoms with Gasteiger partial charge in [0.2, 0.25) is 0 Å². The summed E-state index contributed by atoms with van der Waals surface area (Å²) >= 11 is 0. The summed E-state index contributed by atoms with van der Waals surface area (Å²) in [6.45, 7) is 2.54. The van der Waals surface area contributed by atoms with Crippen molar-refractivity contribution in [2.75, 3.05) is 11.9 Å². The Morgan fingerprint density at radius 2 is 2.25 bits per heavy atom. The molecule has 0 amide bonds. The molecule has 1 saturated heterocycles. The largest absolute Gasteiger partial charge is 0.479 e. The molecule has 3 rings (SSSR count). The maximum absolute atomic E-state index is 13.3. The number of rotatable bonds is 4. The normalized spacial score (nSPS) is 30.4. The third-order valence-electron chi connectivity index (χ3n) is 4.30. The number of carboxylic acids is 1. The summed E-state index contributed by atoms with van der Waals surface area (Å²) in [5.41, 5.74) is -0.493. The molecule has 0 aromatic heterocycles. The topological polar surface area (TPSA) is 52.6 Å². The summed E-state index contributed by atoms with van der Waals surface area (Å²) in [5.74, 6) is -1.22. The van der Waals surface area contributed by atoms with Crippen LogP contribution >= 0.6 is 0 Å². The highest BCUT2D eigenvalue weighted by Gasteiger charge is 2.51. The van der Waals surface area contributed by atoms with Gasteiger partial charge in [-0.3, -0.25) is 4.90 Å². The van der Waals surface area contributed by atoms with Crippen LogP contribution in [0.2, 0.25) is 0 Å². The molecule has 2 aliphatic rings. The molecule has 1 aliphatic heterocycles. The first kappa shape index (κ1) is 13.4. The van der Waals surface area contributed by atoms with Crippen molar-refractivity contribution < 1.29 is 14.3 Å². The zero-order valence-electron chi connectivity index (χ0n) is 11.5. The van der Waals surface area contributed by atoms with Crippen molar-refractivity contribution in [3.8, 4) is 0 Å². The van der Waals surface area contributed by atoms with Crippen LogP contribution in [0.25, 0.3) is 0 Å². The fourth-order valence-corrected chi connectivity index (χ4v) is 3.19. The maximum Gasteiger partial charge on any atom is 0.330 e. The number of hydrogen-bond acceptors (Lipinski definition) is 3. The predicted octanol–water partition coefficient (Wildman–Crippen LogP) is 2.32. The van der Waals surface area contributed by atoms with Crippen LogP contribution in [0.15, 0.2) is 24.3 Å². The molecule has 0 radical (unpaired) electrons. The summed E-state index contributed by atoms with van der Waals surface area (Å²) in [7, 11) is 0. The van der Waals surface area contributed by atoms with Gasteiger partial charge in [0.05, 0.1) is 0 Å². The Kier molecular flexibility index (Phi) is 3.17. The van der Waals surface area contributed by atoms with E-state index in [0.717, 1.165) is 12.8 Å². The number of nitrogens with zero attached hydrogens (tertiary/aromatic N) is 1. The first-order valence-corrected chi connectivity index (χ1v) is 7.03. The number of carboxylic acid groups (broad SMARTS) is 1.